The number of nitrogens with zero attached hydrogens (tertiary/aromatic N) is 1. The van der Waals surface area contributed by atoms with Gasteiger partial charge in [-0.1, -0.05) is 13.8 Å². The third-order valence-corrected chi connectivity index (χ3v) is 3.36. The zero-order valence-corrected chi connectivity index (χ0v) is 12.6. The SMILES string of the molecule is COC(=O)[C@H]1N(C(=O)OC(C)(C)C)CC(F)(F)C1(C)C. The van der Waals surface area contributed by atoms with E-state index in [4.69, 9.17) is 4.74 Å². The molecule has 0 bridgehead atoms. The Kier molecular flexibility index (Phi) is 4.04. The summed E-state index contributed by atoms with van der Waals surface area (Å²) in [6, 6.07) is -1.38. The summed E-state index contributed by atoms with van der Waals surface area (Å²) in [7, 11) is 1.10. The molecule has 7 heteroatoms. The Hall–Kier alpha value is -1.40. The molecule has 116 valence electrons. The van der Waals surface area contributed by atoms with Gasteiger partial charge in [-0.25, -0.2) is 18.4 Å². The van der Waals surface area contributed by atoms with E-state index in [-0.39, 0.29) is 0 Å². The van der Waals surface area contributed by atoms with E-state index in [1.165, 1.54) is 13.8 Å². The second-order valence-corrected chi connectivity index (χ2v) is 6.46. The number of likely N-dealkylation sites (tertiary alicyclic amines) is 1. The minimum atomic E-state index is -3.21. The lowest BCUT2D eigenvalue weighted by molar-refractivity contribution is -0.152. The number of rotatable bonds is 1. The molecule has 1 aliphatic rings. The zero-order chi connectivity index (χ0) is 15.9. The minimum Gasteiger partial charge on any atom is -0.467 e. The minimum absolute atomic E-state index is 0.747. The maximum Gasteiger partial charge on any atom is 0.411 e. The zero-order valence-electron chi connectivity index (χ0n) is 12.6. The molecule has 20 heavy (non-hydrogen) atoms. The molecule has 1 saturated heterocycles. The van der Waals surface area contributed by atoms with Crippen molar-refractivity contribution in [2.75, 3.05) is 13.7 Å². The van der Waals surface area contributed by atoms with Crippen molar-refractivity contribution in [1.82, 2.24) is 4.90 Å². The second kappa shape index (κ2) is 4.86. The first-order valence-corrected chi connectivity index (χ1v) is 6.29. The Morgan fingerprint density at radius 3 is 2.15 bits per heavy atom. The van der Waals surface area contributed by atoms with Crippen molar-refractivity contribution in [1.29, 1.82) is 0 Å². The number of esters is 1. The predicted molar refractivity (Wildman–Crippen MR) is 67.5 cm³/mol. The first-order chi connectivity index (χ1) is 8.83. The molecule has 1 rings (SSSR count). The number of ether oxygens (including phenoxy) is 2. The predicted octanol–water partition coefficient (Wildman–Crippen LogP) is 2.44. The molecule has 0 spiro atoms. The maximum absolute atomic E-state index is 14.1. The average Bonchev–Trinajstić information content (AvgIpc) is 2.42. The lowest BCUT2D eigenvalue weighted by Crippen LogP contribution is -2.49. The van der Waals surface area contributed by atoms with Crippen LogP contribution in [-0.4, -0.2) is 48.2 Å². The Balaban J connectivity index is 3.12. The number of amides is 1. The van der Waals surface area contributed by atoms with Gasteiger partial charge in [-0.15, -0.1) is 0 Å². The summed E-state index contributed by atoms with van der Waals surface area (Å²) in [4.78, 5) is 24.6. The number of hydrogen-bond acceptors (Lipinski definition) is 4. The summed E-state index contributed by atoms with van der Waals surface area (Å²) in [6.45, 7) is 6.47. The first-order valence-electron chi connectivity index (χ1n) is 6.29. The van der Waals surface area contributed by atoms with Gasteiger partial charge in [0.25, 0.3) is 5.92 Å². The number of carbonyl (C=O) groups excluding carboxylic acids is 2. The van der Waals surface area contributed by atoms with Crippen molar-refractivity contribution >= 4 is 12.1 Å². The first kappa shape index (κ1) is 16.7. The third-order valence-electron chi connectivity index (χ3n) is 3.36. The molecule has 0 aromatic carbocycles. The fourth-order valence-corrected chi connectivity index (χ4v) is 2.12. The lowest BCUT2D eigenvalue weighted by Gasteiger charge is -2.32. The van der Waals surface area contributed by atoms with Crippen LogP contribution in [0.25, 0.3) is 0 Å². The summed E-state index contributed by atoms with van der Waals surface area (Å²) < 4.78 is 37.7. The molecule has 0 unspecified atom stereocenters. The highest BCUT2D eigenvalue weighted by Crippen LogP contribution is 2.48. The maximum atomic E-state index is 14.1. The summed E-state index contributed by atoms with van der Waals surface area (Å²) >= 11 is 0. The Bertz CT molecular complexity index is 415. The molecule has 0 aliphatic carbocycles. The van der Waals surface area contributed by atoms with Gasteiger partial charge in [-0.05, 0) is 20.8 Å². The van der Waals surface area contributed by atoms with E-state index in [0.29, 0.717) is 0 Å². The molecule has 0 aromatic heterocycles. The van der Waals surface area contributed by atoms with Gasteiger partial charge in [0.15, 0.2) is 0 Å². The Labute approximate surface area is 117 Å². The quantitative estimate of drug-likeness (QED) is 0.697. The van der Waals surface area contributed by atoms with Crippen molar-refractivity contribution in [2.45, 2.75) is 52.2 Å². The number of methoxy groups -OCH3 is 1. The molecule has 1 amide bonds. The van der Waals surface area contributed by atoms with Crippen LogP contribution in [-0.2, 0) is 14.3 Å². The number of halogens is 2. The molecule has 0 N–H and O–H groups in total. The highest BCUT2D eigenvalue weighted by molar-refractivity contribution is 5.83. The van der Waals surface area contributed by atoms with E-state index in [1.54, 1.807) is 20.8 Å². The van der Waals surface area contributed by atoms with Crippen LogP contribution in [0.4, 0.5) is 13.6 Å². The Morgan fingerprint density at radius 1 is 1.25 bits per heavy atom. The van der Waals surface area contributed by atoms with Crippen LogP contribution in [0.3, 0.4) is 0 Å². The van der Waals surface area contributed by atoms with E-state index in [9.17, 15) is 18.4 Å². The van der Waals surface area contributed by atoms with Gasteiger partial charge in [-0.2, -0.15) is 0 Å². The van der Waals surface area contributed by atoms with Crippen LogP contribution < -0.4 is 0 Å². The number of alkyl halides is 2. The van der Waals surface area contributed by atoms with Crippen LogP contribution in [0.2, 0.25) is 0 Å². The molecule has 0 saturated carbocycles. The fourth-order valence-electron chi connectivity index (χ4n) is 2.12. The molecule has 1 atom stereocenters. The molecular weight excluding hydrogens is 272 g/mol. The van der Waals surface area contributed by atoms with Crippen LogP contribution in [0.1, 0.15) is 34.6 Å². The molecular formula is C13H21F2NO4. The second-order valence-electron chi connectivity index (χ2n) is 6.46. The van der Waals surface area contributed by atoms with Crippen LogP contribution >= 0.6 is 0 Å². The Morgan fingerprint density at radius 2 is 1.75 bits per heavy atom. The molecule has 0 aromatic rings. The van der Waals surface area contributed by atoms with Crippen molar-refractivity contribution in [2.24, 2.45) is 5.41 Å². The van der Waals surface area contributed by atoms with Crippen molar-refractivity contribution in [3.05, 3.63) is 0 Å². The van der Waals surface area contributed by atoms with E-state index in [2.05, 4.69) is 4.74 Å². The standard InChI is InChI=1S/C13H21F2NO4/c1-11(2,3)20-10(18)16-7-13(14,15)12(4,5)8(16)9(17)19-6/h8H,7H2,1-6H3/t8-/m1/s1. The van der Waals surface area contributed by atoms with E-state index >= 15 is 0 Å². The smallest absolute Gasteiger partial charge is 0.411 e. The highest BCUT2D eigenvalue weighted by atomic mass is 19.3. The van der Waals surface area contributed by atoms with Crippen LogP contribution in [0, 0.1) is 5.41 Å². The highest BCUT2D eigenvalue weighted by Gasteiger charge is 2.65. The van der Waals surface area contributed by atoms with Gasteiger partial charge in [-0.3, -0.25) is 4.90 Å². The molecule has 1 fully saturated rings. The van der Waals surface area contributed by atoms with Gasteiger partial charge in [0.1, 0.15) is 11.6 Å². The third kappa shape index (κ3) is 2.86. The van der Waals surface area contributed by atoms with Gasteiger partial charge >= 0.3 is 12.1 Å². The van der Waals surface area contributed by atoms with E-state index < -0.39 is 41.6 Å². The van der Waals surface area contributed by atoms with E-state index in [1.807, 2.05) is 0 Å². The molecule has 1 heterocycles. The topological polar surface area (TPSA) is 55.8 Å². The van der Waals surface area contributed by atoms with Crippen molar-refractivity contribution < 1.29 is 27.8 Å². The van der Waals surface area contributed by atoms with E-state index in [0.717, 1.165) is 12.0 Å². The summed E-state index contributed by atoms with van der Waals surface area (Å²) in [5.74, 6) is -4.08. The number of carbonyl (C=O) groups is 2. The number of hydrogen-bond donors (Lipinski definition) is 0. The molecule has 5 nitrogen and oxygen atoms in total. The molecule has 1 aliphatic heterocycles. The summed E-state index contributed by atoms with van der Waals surface area (Å²) in [5, 5.41) is 0. The van der Waals surface area contributed by atoms with Gasteiger partial charge in [0.2, 0.25) is 0 Å². The van der Waals surface area contributed by atoms with Crippen LogP contribution in [0.15, 0.2) is 0 Å². The fraction of sp³-hybridized carbons (Fsp3) is 0.846. The normalized spacial score (nSPS) is 24.4. The van der Waals surface area contributed by atoms with Crippen LogP contribution in [0.5, 0.6) is 0 Å². The average molecular weight is 293 g/mol. The monoisotopic (exact) mass is 293 g/mol. The van der Waals surface area contributed by atoms with Gasteiger partial charge < -0.3 is 9.47 Å². The van der Waals surface area contributed by atoms with Gasteiger partial charge in [0.05, 0.1) is 19.1 Å². The molecule has 0 radical (unpaired) electrons. The van der Waals surface area contributed by atoms with Gasteiger partial charge in [0, 0.05) is 0 Å². The summed E-state index contributed by atoms with van der Waals surface area (Å²) in [5.41, 5.74) is -2.56. The summed E-state index contributed by atoms with van der Waals surface area (Å²) in [6.07, 6.45) is -0.946. The largest absolute Gasteiger partial charge is 0.467 e. The van der Waals surface area contributed by atoms with Crippen molar-refractivity contribution in [3.8, 4) is 0 Å². The van der Waals surface area contributed by atoms with Crippen molar-refractivity contribution in [3.63, 3.8) is 0 Å². The lowest BCUT2D eigenvalue weighted by atomic mass is 9.82.